The van der Waals surface area contributed by atoms with E-state index in [1.807, 2.05) is 36.4 Å². The third-order valence-corrected chi connectivity index (χ3v) is 2.50. The van der Waals surface area contributed by atoms with Gasteiger partial charge in [-0.25, -0.2) is 0 Å². The molecule has 2 aromatic carbocycles. The van der Waals surface area contributed by atoms with E-state index in [0.29, 0.717) is 0 Å². The van der Waals surface area contributed by atoms with Gasteiger partial charge < -0.3 is 9.90 Å². The fourth-order valence-electron chi connectivity index (χ4n) is 1.76. The highest BCUT2D eigenvalue weighted by atomic mass is 127. The van der Waals surface area contributed by atoms with Crippen LogP contribution in [0.25, 0.3) is 0 Å². The standard InChI is InChI=1S/C14H12O2.H2I/c15-14(16)13(11-7-3-1-4-8-11)12-9-5-2-6-10-12;/h1-10,13H,(H,15,16);1H2/q;+1/p-1. The lowest BCUT2D eigenvalue weighted by Gasteiger charge is -2.18. The van der Waals surface area contributed by atoms with Crippen LogP contribution in [0.5, 0.6) is 0 Å². The molecule has 0 aliphatic carbocycles. The molecule has 2 rings (SSSR count). The van der Waals surface area contributed by atoms with Crippen molar-refractivity contribution in [1.82, 2.24) is 0 Å². The fraction of sp³-hybridized carbons (Fsp3) is 0.0714. The minimum absolute atomic E-state index is 0. The van der Waals surface area contributed by atoms with E-state index in [1.54, 1.807) is 24.3 Å². The highest BCUT2D eigenvalue weighted by Crippen LogP contribution is 2.23. The monoisotopic (exact) mass is 340 g/mol. The molecule has 0 atom stereocenters. The molecule has 0 aromatic heterocycles. The summed E-state index contributed by atoms with van der Waals surface area (Å²) >= 11 is 0. The highest BCUT2D eigenvalue weighted by Gasteiger charge is 2.14. The smallest absolute Gasteiger partial charge is 0.235 e. The van der Waals surface area contributed by atoms with Gasteiger partial charge in [-0.1, -0.05) is 60.7 Å². The molecule has 0 amide bonds. The van der Waals surface area contributed by atoms with Gasteiger partial charge >= 0.3 is 0 Å². The van der Waals surface area contributed by atoms with Gasteiger partial charge in [-0.15, -0.1) is 0 Å². The van der Waals surface area contributed by atoms with Crippen molar-refractivity contribution in [3.05, 3.63) is 71.8 Å². The van der Waals surface area contributed by atoms with Crippen molar-refractivity contribution in [1.29, 1.82) is 0 Å². The first-order chi connectivity index (χ1) is 7.79. The Kier molecular flexibility index (Phi) is 5.15. The Bertz CT molecular complexity index is 429. The van der Waals surface area contributed by atoms with Crippen molar-refractivity contribution in [3.63, 3.8) is 0 Å². The molecule has 0 heterocycles. The maximum atomic E-state index is 11.2. The third kappa shape index (κ3) is 3.30. The molecule has 0 N–H and O–H groups in total. The Morgan fingerprint density at radius 3 is 1.47 bits per heavy atom. The predicted molar refractivity (Wildman–Crippen MR) is 62.5 cm³/mol. The summed E-state index contributed by atoms with van der Waals surface area (Å²) < 4.78 is 0. The molecule has 3 heteroatoms. The van der Waals surface area contributed by atoms with E-state index in [1.165, 1.54) is 0 Å². The summed E-state index contributed by atoms with van der Waals surface area (Å²) in [7, 11) is 0. The second kappa shape index (κ2) is 6.39. The predicted octanol–water partition coefficient (Wildman–Crippen LogP) is -1.96. The Morgan fingerprint density at radius 2 is 1.18 bits per heavy atom. The molecule has 0 fully saturated rings. The summed E-state index contributed by atoms with van der Waals surface area (Å²) in [6, 6.07) is 18.2. The second-order valence-electron chi connectivity index (χ2n) is 3.57. The van der Waals surface area contributed by atoms with Crippen LogP contribution in [-0.4, -0.2) is 5.97 Å². The second-order valence-corrected chi connectivity index (χ2v) is 3.57. The van der Waals surface area contributed by atoms with Crippen LogP contribution in [0.2, 0.25) is 0 Å². The Balaban J connectivity index is 0.00000144. The molecule has 2 nitrogen and oxygen atoms in total. The van der Waals surface area contributed by atoms with Crippen molar-refractivity contribution >= 4 is 5.97 Å². The van der Waals surface area contributed by atoms with E-state index in [2.05, 4.69) is 0 Å². The van der Waals surface area contributed by atoms with E-state index >= 15 is 0 Å². The van der Waals surface area contributed by atoms with Gasteiger partial charge in [0.25, 0.3) is 0 Å². The average molecular weight is 340 g/mol. The topological polar surface area (TPSA) is 40.1 Å². The van der Waals surface area contributed by atoms with Crippen LogP contribution in [0.15, 0.2) is 60.7 Å². The number of benzene rings is 2. The number of carbonyl (C=O) groups is 1. The molecular weight excluding hydrogens is 327 g/mol. The van der Waals surface area contributed by atoms with Crippen molar-refractivity contribution in [2.45, 2.75) is 5.92 Å². The van der Waals surface area contributed by atoms with Crippen molar-refractivity contribution in [2.75, 3.05) is 0 Å². The molecule has 0 unspecified atom stereocenters. The highest BCUT2D eigenvalue weighted by molar-refractivity contribution is 5.78. The Labute approximate surface area is 117 Å². The third-order valence-electron chi connectivity index (χ3n) is 2.50. The summed E-state index contributed by atoms with van der Waals surface area (Å²) in [5.74, 6) is -1.76. The Hall–Kier alpha value is -1.36. The number of aliphatic carboxylic acids is 1. The minimum atomic E-state index is -1.07. The van der Waals surface area contributed by atoms with E-state index in [9.17, 15) is 9.90 Å². The summed E-state index contributed by atoms with van der Waals surface area (Å²) in [4.78, 5) is 11.2. The molecule has 0 saturated carbocycles. The minimum Gasteiger partial charge on any atom is -0.549 e. The van der Waals surface area contributed by atoms with Gasteiger partial charge in [-0.3, -0.25) is 0 Å². The maximum absolute atomic E-state index is 11.2. The van der Waals surface area contributed by atoms with Crippen molar-refractivity contribution in [3.8, 4) is 0 Å². The van der Waals surface area contributed by atoms with Crippen LogP contribution in [0.1, 0.15) is 17.0 Å². The number of hydrogen-bond acceptors (Lipinski definition) is 2. The first kappa shape index (κ1) is 13.7. The normalized spacial score (nSPS) is 9.71. The first-order valence-electron chi connectivity index (χ1n) is 5.10. The summed E-state index contributed by atoms with van der Waals surface area (Å²) in [5.41, 5.74) is 1.49. The van der Waals surface area contributed by atoms with Gasteiger partial charge in [0.1, 0.15) is 0 Å². The van der Waals surface area contributed by atoms with Crippen molar-refractivity contribution in [2.24, 2.45) is 0 Å². The van der Waals surface area contributed by atoms with Crippen LogP contribution in [-0.2, 0) is 4.79 Å². The van der Waals surface area contributed by atoms with Gasteiger partial charge in [-0.05, 0) is 11.1 Å². The molecule has 0 bridgehead atoms. The van der Waals surface area contributed by atoms with Gasteiger partial charge in [-0.2, -0.15) is 0 Å². The fourth-order valence-corrected chi connectivity index (χ4v) is 1.76. The van der Waals surface area contributed by atoms with E-state index in [-0.39, 0.29) is 24.0 Å². The molecule has 2 aromatic rings. The molecule has 0 aliphatic heterocycles. The number of rotatable bonds is 3. The van der Waals surface area contributed by atoms with Gasteiger partial charge in [0.15, 0.2) is 0 Å². The van der Waals surface area contributed by atoms with Crippen LogP contribution in [0.4, 0.5) is 0 Å². The largest absolute Gasteiger partial charge is 0.549 e. The van der Waals surface area contributed by atoms with Gasteiger partial charge in [0, 0.05) is 5.92 Å². The molecule has 17 heavy (non-hydrogen) atoms. The average Bonchev–Trinajstić information content (AvgIpc) is 2.31. The zero-order valence-corrected chi connectivity index (χ0v) is 11.7. The maximum Gasteiger partial charge on any atom is 0.235 e. The van der Waals surface area contributed by atoms with E-state index in [4.69, 9.17) is 0 Å². The molecule has 0 spiro atoms. The van der Waals surface area contributed by atoms with Crippen LogP contribution in [0, 0.1) is 0 Å². The molecule has 88 valence electrons. The lowest BCUT2D eigenvalue weighted by molar-refractivity contribution is -0.306. The quantitative estimate of drug-likeness (QED) is 0.609. The van der Waals surface area contributed by atoms with E-state index in [0.717, 1.165) is 11.1 Å². The molecule has 0 radical (unpaired) electrons. The molecule has 0 aliphatic rings. The number of hydrogen-bond donors (Lipinski definition) is 0. The number of carboxylic acid groups (broad SMARTS) is 1. The summed E-state index contributed by atoms with van der Waals surface area (Å²) in [6.45, 7) is 0. The van der Waals surface area contributed by atoms with E-state index < -0.39 is 11.9 Å². The number of halogens is 1. The summed E-state index contributed by atoms with van der Waals surface area (Å²) in [6.07, 6.45) is 0. The summed E-state index contributed by atoms with van der Waals surface area (Å²) in [5, 5.41) is 11.2. The number of carboxylic acids is 1. The number of carbonyl (C=O) groups excluding carboxylic acids is 1. The van der Waals surface area contributed by atoms with Crippen molar-refractivity contribution < 1.29 is 33.9 Å². The van der Waals surface area contributed by atoms with Gasteiger partial charge in [0.05, 0.1) is 5.97 Å². The van der Waals surface area contributed by atoms with Crippen LogP contribution < -0.4 is 29.1 Å². The first-order valence-corrected chi connectivity index (χ1v) is 5.10. The SMILES string of the molecule is O=C([O-])C(c1ccccc1)c1ccccc1.[IH2+]. The van der Waals surface area contributed by atoms with Crippen LogP contribution >= 0.6 is 0 Å². The van der Waals surface area contributed by atoms with Gasteiger partial charge in [0.2, 0.25) is 24.0 Å². The lowest BCUT2D eigenvalue weighted by Crippen LogP contribution is -3.00. The molecular formula is C14H13IO2. The van der Waals surface area contributed by atoms with Crippen LogP contribution in [0.3, 0.4) is 0 Å². The zero-order chi connectivity index (χ0) is 11.4. The lowest BCUT2D eigenvalue weighted by atomic mass is 9.92. The zero-order valence-electron chi connectivity index (χ0n) is 9.11. The molecule has 0 saturated heterocycles. The Morgan fingerprint density at radius 1 is 0.824 bits per heavy atom.